The van der Waals surface area contributed by atoms with Crippen LogP contribution in [0.4, 0.5) is 0 Å². The van der Waals surface area contributed by atoms with E-state index in [1.54, 1.807) is 0 Å². The van der Waals surface area contributed by atoms with Gasteiger partial charge in [-0.3, -0.25) is 9.59 Å². The lowest BCUT2D eigenvalue weighted by atomic mass is 10.0. The number of carbonyl (C=O) groups is 2. The van der Waals surface area contributed by atoms with Gasteiger partial charge in [-0.2, -0.15) is 0 Å². The third kappa shape index (κ3) is 57.5. The maximum atomic E-state index is 12.5. The molecule has 0 aliphatic carbocycles. The second-order valence-electron chi connectivity index (χ2n) is 22.1. The number of ether oxygens (including phenoxy) is 1. The first kappa shape index (κ1) is 69.3. The van der Waals surface area contributed by atoms with Gasteiger partial charge in [0.2, 0.25) is 5.91 Å². The Morgan fingerprint density at radius 1 is 0.394 bits per heavy atom. The second kappa shape index (κ2) is 60.9. The van der Waals surface area contributed by atoms with Crippen molar-refractivity contribution in [2.45, 2.75) is 366 Å². The van der Waals surface area contributed by atoms with E-state index in [0.717, 1.165) is 51.4 Å². The molecule has 71 heavy (non-hydrogen) atoms. The highest BCUT2D eigenvalue weighted by Crippen LogP contribution is 2.18. The summed E-state index contributed by atoms with van der Waals surface area (Å²) in [5, 5.41) is 23.2. The van der Waals surface area contributed by atoms with E-state index in [0.29, 0.717) is 25.9 Å². The fourth-order valence-corrected chi connectivity index (χ4v) is 10.1. The summed E-state index contributed by atoms with van der Waals surface area (Å²) >= 11 is 0. The molecule has 0 radical (unpaired) electrons. The molecule has 2 atom stereocenters. The Labute approximate surface area is 443 Å². The summed E-state index contributed by atoms with van der Waals surface area (Å²) < 4.78 is 5.48. The van der Waals surface area contributed by atoms with Gasteiger partial charge >= 0.3 is 5.97 Å². The lowest BCUT2D eigenvalue weighted by molar-refractivity contribution is -0.143. The van der Waals surface area contributed by atoms with Crippen LogP contribution < -0.4 is 5.32 Å². The number of hydrogen-bond donors (Lipinski definition) is 3. The van der Waals surface area contributed by atoms with Crippen molar-refractivity contribution in [1.82, 2.24) is 5.32 Å². The molecule has 6 nitrogen and oxygen atoms in total. The Balaban J connectivity index is 3.33. The first-order valence-electron chi connectivity index (χ1n) is 32.1. The summed E-state index contributed by atoms with van der Waals surface area (Å²) in [6.07, 6.45) is 74.9. The minimum Gasteiger partial charge on any atom is -0.466 e. The molecule has 0 bridgehead atoms. The lowest BCUT2D eigenvalue weighted by Crippen LogP contribution is -2.45. The highest BCUT2D eigenvalue weighted by atomic mass is 16.5. The maximum Gasteiger partial charge on any atom is 0.305 e. The predicted octanol–water partition coefficient (Wildman–Crippen LogP) is 20.2. The van der Waals surface area contributed by atoms with E-state index in [-0.39, 0.29) is 18.5 Å². The normalized spacial score (nSPS) is 12.7. The Kier molecular flexibility index (Phi) is 59.5. The van der Waals surface area contributed by atoms with E-state index in [4.69, 9.17) is 4.74 Å². The maximum absolute atomic E-state index is 12.5. The molecule has 0 saturated carbocycles. The molecule has 0 aromatic rings. The zero-order valence-electron chi connectivity index (χ0n) is 48.0. The van der Waals surface area contributed by atoms with Crippen LogP contribution in [0, 0.1) is 0 Å². The number of allylic oxidation sites excluding steroid dienone is 4. The molecule has 6 heteroatoms. The molecule has 0 heterocycles. The Morgan fingerprint density at radius 3 is 1.11 bits per heavy atom. The molecular weight excluding hydrogens is 875 g/mol. The highest BCUT2D eigenvalue weighted by molar-refractivity contribution is 5.76. The molecule has 0 aliphatic rings. The first-order valence-corrected chi connectivity index (χ1v) is 32.1. The van der Waals surface area contributed by atoms with Crippen molar-refractivity contribution in [3.63, 3.8) is 0 Å². The number of aliphatic hydroxyl groups excluding tert-OH is 2. The van der Waals surface area contributed by atoms with Crippen LogP contribution in [0.5, 0.6) is 0 Å². The summed E-state index contributed by atoms with van der Waals surface area (Å²) in [5.41, 5.74) is 0. The van der Waals surface area contributed by atoms with Crippen LogP contribution in [0.2, 0.25) is 0 Å². The molecule has 0 rings (SSSR count). The van der Waals surface area contributed by atoms with Crippen molar-refractivity contribution in [3.8, 4) is 0 Å². The third-order valence-electron chi connectivity index (χ3n) is 15.0. The largest absolute Gasteiger partial charge is 0.466 e. The standard InChI is InChI=1S/C65H125NO5/c1-3-5-7-9-11-13-15-17-35-39-43-47-51-55-59-65(70)71-60-56-52-48-44-40-36-33-31-29-27-25-23-21-19-18-20-22-24-26-28-30-32-34-38-42-46-50-54-58-64(69)66-62(61-67)63(68)57-53-49-45-41-37-16-14-12-10-8-6-4-2/h9,11,15,17,62-63,67-68H,3-8,10,12-14,16,18-61H2,1-2H3,(H,66,69)/b11-9-,17-15-. The molecule has 0 fully saturated rings. The minimum atomic E-state index is -0.660. The van der Waals surface area contributed by atoms with E-state index in [9.17, 15) is 19.8 Å². The number of nitrogens with one attached hydrogen (secondary N) is 1. The fourth-order valence-electron chi connectivity index (χ4n) is 10.1. The molecule has 0 saturated heterocycles. The molecule has 0 aliphatic heterocycles. The van der Waals surface area contributed by atoms with Gasteiger partial charge in [-0.1, -0.05) is 314 Å². The van der Waals surface area contributed by atoms with Crippen molar-refractivity contribution in [3.05, 3.63) is 24.3 Å². The van der Waals surface area contributed by atoms with Gasteiger partial charge < -0.3 is 20.3 Å². The zero-order chi connectivity index (χ0) is 51.4. The van der Waals surface area contributed by atoms with Crippen molar-refractivity contribution >= 4 is 11.9 Å². The molecule has 1 amide bonds. The number of carbonyl (C=O) groups excluding carboxylic acids is 2. The zero-order valence-corrected chi connectivity index (χ0v) is 48.0. The first-order chi connectivity index (χ1) is 35.0. The van der Waals surface area contributed by atoms with Gasteiger partial charge in [0, 0.05) is 12.8 Å². The van der Waals surface area contributed by atoms with Crippen molar-refractivity contribution in [1.29, 1.82) is 0 Å². The average Bonchev–Trinajstić information content (AvgIpc) is 3.37. The smallest absolute Gasteiger partial charge is 0.305 e. The molecule has 0 spiro atoms. The van der Waals surface area contributed by atoms with Gasteiger partial charge in [0.15, 0.2) is 0 Å². The summed E-state index contributed by atoms with van der Waals surface area (Å²) in [7, 11) is 0. The highest BCUT2D eigenvalue weighted by Gasteiger charge is 2.20. The monoisotopic (exact) mass is 1000 g/mol. The minimum absolute atomic E-state index is 0.00439. The second-order valence-corrected chi connectivity index (χ2v) is 22.1. The average molecular weight is 1000 g/mol. The summed E-state index contributed by atoms with van der Waals surface area (Å²) in [5.74, 6) is -0.0265. The molecule has 0 aromatic carbocycles. The summed E-state index contributed by atoms with van der Waals surface area (Å²) in [4.78, 5) is 24.5. The molecular formula is C65H125NO5. The lowest BCUT2D eigenvalue weighted by Gasteiger charge is -2.22. The van der Waals surface area contributed by atoms with Crippen LogP contribution in [0.25, 0.3) is 0 Å². The van der Waals surface area contributed by atoms with Crippen molar-refractivity contribution in [2.75, 3.05) is 13.2 Å². The van der Waals surface area contributed by atoms with Gasteiger partial charge in [0.1, 0.15) is 0 Å². The van der Waals surface area contributed by atoms with E-state index in [1.807, 2.05) is 0 Å². The van der Waals surface area contributed by atoms with E-state index in [1.165, 1.54) is 270 Å². The summed E-state index contributed by atoms with van der Waals surface area (Å²) in [6.45, 7) is 4.92. The number of amides is 1. The van der Waals surface area contributed by atoms with Crippen molar-refractivity contribution < 1.29 is 24.5 Å². The van der Waals surface area contributed by atoms with Crippen LogP contribution >= 0.6 is 0 Å². The van der Waals surface area contributed by atoms with Gasteiger partial charge in [-0.25, -0.2) is 0 Å². The van der Waals surface area contributed by atoms with E-state index in [2.05, 4.69) is 43.5 Å². The topological polar surface area (TPSA) is 95.9 Å². The predicted molar refractivity (Wildman–Crippen MR) is 310 cm³/mol. The molecule has 0 aromatic heterocycles. The molecule has 420 valence electrons. The number of unbranched alkanes of at least 4 members (excludes halogenated alkanes) is 45. The third-order valence-corrected chi connectivity index (χ3v) is 15.0. The Morgan fingerprint density at radius 2 is 0.718 bits per heavy atom. The van der Waals surface area contributed by atoms with E-state index >= 15 is 0 Å². The number of rotatable bonds is 60. The van der Waals surface area contributed by atoms with E-state index < -0.39 is 12.1 Å². The number of esters is 1. The number of hydrogen-bond acceptors (Lipinski definition) is 5. The molecule has 2 unspecified atom stereocenters. The van der Waals surface area contributed by atoms with Gasteiger partial charge in [-0.15, -0.1) is 0 Å². The summed E-state index contributed by atoms with van der Waals surface area (Å²) in [6, 6.07) is -0.537. The van der Waals surface area contributed by atoms with Crippen LogP contribution in [0.3, 0.4) is 0 Å². The SMILES string of the molecule is CCCC/C=C\C/C=C\CCCCCCCC(=O)OCCCCCCCCCCCCCCCCCCCCCCCCCCCCCCC(=O)NC(CO)C(O)CCCCCCCCCCCCCC. The Bertz CT molecular complexity index is 1110. The van der Waals surface area contributed by atoms with Crippen LogP contribution in [0.15, 0.2) is 24.3 Å². The number of aliphatic hydroxyl groups is 2. The fraction of sp³-hybridized carbons (Fsp3) is 0.908. The Hall–Kier alpha value is -1.66. The van der Waals surface area contributed by atoms with Crippen molar-refractivity contribution in [2.24, 2.45) is 0 Å². The van der Waals surface area contributed by atoms with Crippen LogP contribution in [-0.2, 0) is 14.3 Å². The molecule has 3 N–H and O–H groups in total. The quantitative estimate of drug-likeness (QED) is 0.0320. The van der Waals surface area contributed by atoms with Crippen LogP contribution in [0.1, 0.15) is 354 Å². The van der Waals surface area contributed by atoms with Gasteiger partial charge in [0.25, 0.3) is 0 Å². The van der Waals surface area contributed by atoms with Crippen LogP contribution in [-0.4, -0.2) is 47.4 Å². The van der Waals surface area contributed by atoms with Gasteiger partial charge in [-0.05, 0) is 51.4 Å². The van der Waals surface area contributed by atoms with Gasteiger partial charge in [0.05, 0.1) is 25.4 Å².